The van der Waals surface area contributed by atoms with Crippen molar-refractivity contribution in [2.45, 2.75) is 52.9 Å². The highest BCUT2D eigenvalue weighted by Gasteiger charge is 2.17. The van der Waals surface area contributed by atoms with E-state index < -0.39 is 0 Å². The first-order chi connectivity index (χ1) is 14.4. The Balaban J connectivity index is 1.72. The van der Waals surface area contributed by atoms with E-state index in [0.717, 1.165) is 47.6 Å². The summed E-state index contributed by atoms with van der Waals surface area (Å²) in [6.45, 7) is 9.73. The van der Waals surface area contributed by atoms with Gasteiger partial charge in [0.2, 0.25) is 11.6 Å². The zero-order chi connectivity index (χ0) is 21.7. The monoisotopic (exact) mass is 412 g/mol. The van der Waals surface area contributed by atoms with Crippen LogP contribution in [0.15, 0.2) is 18.2 Å². The molecule has 0 spiro atoms. The standard InChI is InChI=1S/C22H32N6O2/c1-14(2)12-19(29)23-10-6-7-11-24-20-22-27-26-21(15(3)4)28(22)18-9-8-16(30-5)13-17(18)25-20/h8-9,13-15H,6-7,10-12H2,1-5H3,(H,23,29)(H,24,25). The molecule has 0 aliphatic carbocycles. The van der Waals surface area contributed by atoms with Gasteiger partial charge in [0.05, 0.1) is 18.1 Å². The second kappa shape index (κ2) is 9.73. The van der Waals surface area contributed by atoms with Crippen LogP contribution in [-0.2, 0) is 4.79 Å². The third-order valence-electron chi connectivity index (χ3n) is 4.88. The minimum atomic E-state index is 0.120. The molecule has 0 bridgehead atoms. The SMILES string of the molecule is COc1ccc2c(c1)nc(NCCCCNC(=O)CC(C)C)c1nnc(C(C)C)n12. The molecule has 0 unspecified atom stereocenters. The van der Waals surface area contributed by atoms with Crippen LogP contribution < -0.4 is 15.4 Å². The number of hydrogen-bond donors (Lipinski definition) is 2. The molecule has 162 valence electrons. The zero-order valence-electron chi connectivity index (χ0n) is 18.5. The summed E-state index contributed by atoms with van der Waals surface area (Å²) in [7, 11) is 1.65. The molecule has 3 aromatic rings. The van der Waals surface area contributed by atoms with Gasteiger partial charge in [-0.15, -0.1) is 10.2 Å². The van der Waals surface area contributed by atoms with Crippen molar-refractivity contribution in [2.24, 2.45) is 5.92 Å². The second-order valence-electron chi connectivity index (χ2n) is 8.27. The Morgan fingerprint density at radius 1 is 1.13 bits per heavy atom. The number of aromatic nitrogens is 4. The molecule has 0 saturated carbocycles. The van der Waals surface area contributed by atoms with E-state index >= 15 is 0 Å². The van der Waals surface area contributed by atoms with Gasteiger partial charge >= 0.3 is 0 Å². The summed E-state index contributed by atoms with van der Waals surface area (Å²) in [5.74, 6) is 3.10. The van der Waals surface area contributed by atoms with Crippen LogP contribution >= 0.6 is 0 Å². The molecule has 2 aromatic heterocycles. The predicted molar refractivity (Wildman–Crippen MR) is 119 cm³/mol. The second-order valence-corrected chi connectivity index (χ2v) is 8.27. The van der Waals surface area contributed by atoms with E-state index in [-0.39, 0.29) is 11.8 Å². The van der Waals surface area contributed by atoms with Gasteiger partial charge in [-0.2, -0.15) is 0 Å². The Labute approximate surface area is 177 Å². The van der Waals surface area contributed by atoms with Crippen molar-refractivity contribution in [3.05, 3.63) is 24.0 Å². The van der Waals surface area contributed by atoms with Crippen LogP contribution in [0.5, 0.6) is 5.75 Å². The van der Waals surface area contributed by atoms with Gasteiger partial charge in [0.25, 0.3) is 0 Å². The number of amides is 1. The van der Waals surface area contributed by atoms with Crippen molar-refractivity contribution in [3.8, 4) is 5.75 Å². The van der Waals surface area contributed by atoms with Crippen molar-refractivity contribution in [2.75, 3.05) is 25.5 Å². The first kappa shape index (κ1) is 21.8. The van der Waals surface area contributed by atoms with Crippen LogP contribution in [0.4, 0.5) is 5.82 Å². The number of rotatable bonds is 10. The summed E-state index contributed by atoms with van der Waals surface area (Å²) in [5.41, 5.74) is 2.51. The Bertz CT molecular complexity index is 1010. The molecule has 3 rings (SSSR count). The lowest BCUT2D eigenvalue weighted by atomic mass is 10.1. The number of benzene rings is 1. The number of carbonyl (C=O) groups is 1. The maximum Gasteiger partial charge on any atom is 0.220 e. The fraction of sp³-hybridized carbons (Fsp3) is 0.545. The van der Waals surface area contributed by atoms with Crippen molar-refractivity contribution < 1.29 is 9.53 Å². The zero-order valence-corrected chi connectivity index (χ0v) is 18.5. The fourth-order valence-corrected chi connectivity index (χ4v) is 3.39. The molecular formula is C22H32N6O2. The third kappa shape index (κ3) is 4.98. The summed E-state index contributed by atoms with van der Waals surface area (Å²) >= 11 is 0. The number of anilines is 1. The normalized spacial score (nSPS) is 11.6. The Kier molecular flexibility index (Phi) is 7.07. The Hall–Kier alpha value is -2.90. The summed E-state index contributed by atoms with van der Waals surface area (Å²) in [6.07, 6.45) is 2.39. The van der Waals surface area contributed by atoms with Crippen molar-refractivity contribution in [1.29, 1.82) is 0 Å². The highest BCUT2D eigenvalue weighted by Crippen LogP contribution is 2.27. The average Bonchev–Trinajstić information content (AvgIpc) is 3.15. The van der Waals surface area contributed by atoms with Gasteiger partial charge in [0, 0.05) is 31.5 Å². The lowest BCUT2D eigenvalue weighted by molar-refractivity contribution is -0.121. The number of nitrogens with zero attached hydrogens (tertiary/aromatic N) is 4. The van der Waals surface area contributed by atoms with Crippen LogP contribution in [0, 0.1) is 5.92 Å². The first-order valence-electron chi connectivity index (χ1n) is 10.6. The van der Waals surface area contributed by atoms with Gasteiger partial charge in [-0.05, 0) is 30.9 Å². The largest absolute Gasteiger partial charge is 0.497 e. The highest BCUT2D eigenvalue weighted by atomic mass is 16.5. The van der Waals surface area contributed by atoms with Crippen molar-refractivity contribution >= 4 is 28.4 Å². The molecule has 1 amide bonds. The quantitative estimate of drug-likeness (QED) is 0.493. The predicted octanol–water partition coefficient (Wildman–Crippen LogP) is 3.76. The molecular weight excluding hydrogens is 380 g/mol. The van der Waals surface area contributed by atoms with Crippen LogP contribution in [-0.4, -0.2) is 45.7 Å². The van der Waals surface area contributed by atoms with E-state index in [4.69, 9.17) is 9.72 Å². The molecule has 0 radical (unpaired) electrons. The molecule has 2 heterocycles. The molecule has 0 atom stereocenters. The van der Waals surface area contributed by atoms with E-state index in [9.17, 15) is 4.79 Å². The van der Waals surface area contributed by atoms with Crippen LogP contribution in [0.3, 0.4) is 0 Å². The highest BCUT2D eigenvalue weighted by molar-refractivity contribution is 5.84. The van der Waals surface area contributed by atoms with Crippen molar-refractivity contribution in [3.63, 3.8) is 0 Å². The number of ether oxygens (including phenoxy) is 1. The van der Waals surface area contributed by atoms with E-state index in [1.165, 1.54) is 0 Å². The number of fused-ring (bicyclic) bond motifs is 3. The van der Waals surface area contributed by atoms with Gasteiger partial charge in [-0.1, -0.05) is 27.7 Å². The molecule has 8 nitrogen and oxygen atoms in total. The average molecular weight is 413 g/mol. The van der Waals surface area contributed by atoms with Gasteiger partial charge < -0.3 is 15.4 Å². The summed E-state index contributed by atoms with van der Waals surface area (Å²) in [5, 5.41) is 15.2. The maximum absolute atomic E-state index is 11.7. The molecule has 2 N–H and O–H groups in total. The molecule has 0 saturated heterocycles. The van der Waals surface area contributed by atoms with Crippen LogP contribution in [0.2, 0.25) is 0 Å². The summed E-state index contributed by atoms with van der Waals surface area (Å²) in [4.78, 5) is 16.5. The molecule has 0 fully saturated rings. The topological polar surface area (TPSA) is 93.4 Å². The molecule has 0 aliphatic rings. The summed E-state index contributed by atoms with van der Waals surface area (Å²) < 4.78 is 7.44. The number of nitrogens with one attached hydrogen (secondary N) is 2. The number of hydrogen-bond acceptors (Lipinski definition) is 6. The van der Waals surface area contributed by atoms with Crippen molar-refractivity contribution in [1.82, 2.24) is 24.9 Å². The third-order valence-corrected chi connectivity index (χ3v) is 4.88. The van der Waals surface area contributed by atoms with Gasteiger partial charge in [-0.3, -0.25) is 9.20 Å². The summed E-state index contributed by atoms with van der Waals surface area (Å²) in [6, 6.07) is 5.84. The van der Waals surface area contributed by atoms with Crippen LogP contribution in [0.1, 0.15) is 58.7 Å². The minimum Gasteiger partial charge on any atom is -0.497 e. The fourth-order valence-electron chi connectivity index (χ4n) is 3.39. The minimum absolute atomic E-state index is 0.120. The molecule has 0 aliphatic heterocycles. The molecule has 8 heteroatoms. The Morgan fingerprint density at radius 3 is 2.60 bits per heavy atom. The number of carbonyl (C=O) groups excluding carboxylic acids is 1. The lowest BCUT2D eigenvalue weighted by Crippen LogP contribution is -2.25. The smallest absolute Gasteiger partial charge is 0.220 e. The van der Waals surface area contributed by atoms with Gasteiger partial charge in [0.15, 0.2) is 5.82 Å². The van der Waals surface area contributed by atoms with Gasteiger partial charge in [0.1, 0.15) is 11.6 Å². The molecule has 1 aromatic carbocycles. The van der Waals surface area contributed by atoms with Crippen LogP contribution in [0.25, 0.3) is 16.7 Å². The molecule has 30 heavy (non-hydrogen) atoms. The van der Waals surface area contributed by atoms with Gasteiger partial charge in [-0.25, -0.2) is 4.98 Å². The number of methoxy groups -OCH3 is 1. The van der Waals surface area contributed by atoms with E-state index in [1.54, 1.807) is 7.11 Å². The van der Waals surface area contributed by atoms with E-state index in [2.05, 4.69) is 39.1 Å². The first-order valence-corrected chi connectivity index (χ1v) is 10.6. The maximum atomic E-state index is 11.7. The van der Waals surface area contributed by atoms with E-state index in [1.807, 2.05) is 32.0 Å². The number of unbranched alkanes of at least 4 members (excludes halogenated alkanes) is 1. The van der Waals surface area contributed by atoms with E-state index in [0.29, 0.717) is 24.7 Å². The lowest BCUT2D eigenvalue weighted by Gasteiger charge is -2.12. The Morgan fingerprint density at radius 2 is 1.90 bits per heavy atom.